The summed E-state index contributed by atoms with van der Waals surface area (Å²) in [5.74, 6) is 0. The Labute approximate surface area is 157 Å². The number of anilines is 2. The first-order chi connectivity index (χ1) is 12.9. The normalized spacial score (nSPS) is 24.1. The summed E-state index contributed by atoms with van der Waals surface area (Å²) in [6, 6.07) is 13.4. The summed E-state index contributed by atoms with van der Waals surface area (Å²) in [4.78, 5) is 3.63. The Balaban J connectivity index is 1.40. The number of hydrogen-bond donors (Lipinski definition) is 2. The van der Waals surface area contributed by atoms with Crippen molar-refractivity contribution in [2.75, 3.05) is 42.9 Å². The van der Waals surface area contributed by atoms with Crippen LogP contribution in [-0.4, -0.2) is 55.9 Å². The number of nitrogens with zero attached hydrogens (tertiary/aromatic N) is 2. The van der Waals surface area contributed by atoms with Gasteiger partial charge in [-0.2, -0.15) is 13.2 Å². The Morgan fingerprint density at radius 1 is 0.963 bits per heavy atom. The highest BCUT2D eigenvalue weighted by molar-refractivity contribution is 5.88. The minimum Gasteiger partial charge on any atom is -0.382 e. The second-order valence-corrected chi connectivity index (χ2v) is 7.70. The van der Waals surface area contributed by atoms with Crippen molar-refractivity contribution >= 4 is 22.1 Å². The zero-order valence-electron chi connectivity index (χ0n) is 15.2. The van der Waals surface area contributed by atoms with E-state index in [1.54, 1.807) is 0 Å². The largest absolute Gasteiger partial charge is 0.401 e. The molecular formula is C20H25F3N4. The van der Waals surface area contributed by atoms with Crippen molar-refractivity contribution in [1.29, 1.82) is 0 Å². The molecule has 0 amide bonds. The van der Waals surface area contributed by atoms with Crippen LogP contribution in [-0.2, 0) is 0 Å². The molecule has 27 heavy (non-hydrogen) atoms. The van der Waals surface area contributed by atoms with E-state index in [1.165, 1.54) is 4.90 Å². The molecule has 4 nitrogen and oxygen atoms in total. The van der Waals surface area contributed by atoms with E-state index in [0.29, 0.717) is 38.3 Å². The van der Waals surface area contributed by atoms with Crippen molar-refractivity contribution in [2.45, 2.75) is 31.1 Å². The molecule has 2 fully saturated rings. The Kier molecular flexibility index (Phi) is 4.90. The monoisotopic (exact) mass is 378 g/mol. The first-order valence-corrected chi connectivity index (χ1v) is 9.46. The number of rotatable bonds is 4. The topological polar surface area (TPSA) is 44.5 Å². The van der Waals surface area contributed by atoms with Gasteiger partial charge in [0, 0.05) is 49.6 Å². The summed E-state index contributed by atoms with van der Waals surface area (Å²) in [5.41, 5.74) is 8.01. The van der Waals surface area contributed by atoms with Crippen LogP contribution >= 0.6 is 0 Å². The van der Waals surface area contributed by atoms with Gasteiger partial charge < -0.3 is 16.0 Å². The van der Waals surface area contributed by atoms with E-state index in [-0.39, 0.29) is 0 Å². The standard InChI is InChI=1S/C20H25F3N4/c21-20(22,23)13-26-5-7-27(8-6-26)19-4-2-14-9-17(3-1-15(14)10-19)25-18-11-16(24)12-18/h1-4,9-10,16,18,25H,5-8,11-13,24H2. The zero-order valence-corrected chi connectivity index (χ0v) is 15.2. The number of piperazine rings is 1. The summed E-state index contributed by atoms with van der Waals surface area (Å²) < 4.78 is 37.6. The maximum atomic E-state index is 12.5. The fourth-order valence-corrected chi connectivity index (χ4v) is 3.95. The second-order valence-electron chi connectivity index (χ2n) is 7.70. The number of benzene rings is 2. The highest BCUT2D eigenvalue weighted by atomic mass is 19.4. The first-order valence-electron chi connectivity index (χ1n) is 9.46. The lowest BCUT2D eigenvalue weighted by Gasteiger charge is -2.36. The molecule has 0 atom stereocenters. The molecule has 1 saturated carbocycles. The third-order valence-corrected chi connectivity index (χ3v) is 5.51. The molecule has 0 radical (unpaired) electrons. The number of alkyl halides is 3. The number of nitrogens with two attached hydrogens (primary N) is 1. The number of fused-ring (bicyclic) bond motifs is 1. The molecule has 0 bridgehead atoms. The van der Waals surface area contributed by atoms with Gasteiger partial charge in [-0.25, -0.2) is 0 Å². The molecule has 1 saturated heterocycles. The van der Waals surface area contributed by atoms with Gasteiger partial charge in [-0.15, -0.1) is 0 Å². The van der Waals surface area contributed by atoms with Crippen LogP contribution in [0.5, 0.6) is 0 Å². The van der Waals surface area contributed by atoms with Gasteiger partial charge in [0.05, 0.1) is 6.54 Å². The van der Waals surface area contributed by atoms with Crippen LogP contribution in [0.25, 0.3) is 10.8 Å². The van der Waals surface area contributed by atoms with Crippen molar-refractivity contribution < 1.29 is 13.2 Å². The second kappa shape index (κ2) is 7.20. The molecule has 146 valence electrons. The molecule has 3 N–H and O–H groups in total. The maximum absolute atomic E-state index is 12.5. The third kappa shape index (κ3) is 4.47. The molecule has 1 aliphatic carbocycles. The number of nitrogens with one attached hydrogen (secondary N) is 1. The highest BCUT2D eigenvalue weighted by Crippen LogP contribution is 2.28. The first kappa shape index (κ1) is 18.4. The van der Waals surface area contributed by atoms with Gasteiger partial charge >= 0.3 is 6.18 Å². The Bertz CT molecular complexity index is 793. The molecule has 2 aromatic rings. The van der Waals surface area contributed by atoms with Crippen molar-refractivity contribution in [3.05, 3.63) is 36.4 Å². The maximum Gasteiger partial charge on any atom is 0.401 e. The fourth-order valence-electron chi connectivity index (χ4n) is 3.95. The minimum absolute atomic E-state index is 0.321. The van der Waals surface area contributed by atoms with Gasteiger partial charge in [0.1, 0.15) is 0 Å². The summed E-state index contributed by atoms with van der Waals surface area (Å²) in [5, 5.41) is 5.81. The SMILES string of the molecule is NC1CC(Nc2ccc3cc(N4CCN(CC(F)(F)F)CC4)ccc3c2)C1. The predicted molar refractivity (Wildman–Crippen MR) is 103 cm³/mol. The quantitative estimate of drug-likeness (QED) is 0.856. The molecule has 7 heteroatoms. The third-order valence-electron chi connectivity index (χ3n) is 5.51. The van der Waals surface area contributed by atoms with Crippen LogP contribution < -0.4 is 16.0 Å². The average Bonchev–Trinajstić information content (AvgIpc) is 2.59. The van der Waals surface area contributed by atoms with Crippen molar-refractivity contribution in [2.24, 2.45) is 5.73 Å². The van der Waals surface area contributed by atoms with E-state index < -0.39 is 12.7 Å². The number of hydrogen-bond acceptors (Lipinski definition) is 4. The fraction of sp³-hybridized carbons (Fsp3) is 0.500. The van der Waals surface area contributed by atoms with E-state index in [2.05, 4.69) is 46.6 Å². The van der Waals surface area contributed by atoms with Crippen molar-refractivity contribution in [1.82, 2.24) is 4.90 Å². The molecule has 1 heterocycles. The van der Waals surface area contributed by atoms with Gasteiger partial charge in [0.25, 0.3) is 0 Å². The molecule has 4 rings (SSSR count). The van der Waals surface area contributed by atoms with Gasteiger partial charge in [0.2, 0.25) is 0 Å². The predicted octanol–water partition coefficient (Wildman–Crippen LogP) is 3.43. The van der Waals surface area contributed by atoms with E-state index in [9.17, 15) is 13.2 Å². The summed E-state index contributed by atoms with van der Waals surface area (Å²) >= 11 is 0. The Hall–Kier alpha value is -1.99. The minimum atomic E-state index is -4.12. The lowest BCUT2D eigenvalue weighted by atomic mass is 9.87. The summed E-state index contributed by atoms with van der Waals surface area (Å²) in [6.07, 6.45) is -2.10. The van der Waals surface area contributed by atoms with Gasteiger partial charge in [0.15, 0.2) is 0 Å². The lowest BCUT2D eigenvalue weighted by molar-refractivity contribution is -0.146. The molecule has 2 aliphatic rings. The van der Waals surface area contributed by atoms with Crippen LogP contribution in [0.2, 0.25) is 0 Å². The molecule has 0 spiro atoms. The Morgan fingerprint density at radius 2 is 1.63 bits per heavy atom. The van der Waals surface area contributed by atoms with Crippen LogP contribution in [0.15, 0.2) is 36.4 Å². The van der Waals surface area contributed by atoms with Gasteiger partial charge in [-0.3, -0.25) is 4.90 Å². The van der Waals surface area contributed by atoms with Crippen molar-refractivity contribution in [3.8, 4) is 0 Å². The Morgan fingerprint density at radius 3 is 2.30 bits per heavy atom. The smallest absolute Gasteiger partial charge is 0.382 e. The van der Waals surface area contributed by atoms with E-state index in [1.807, 2.05) is 0 Å². The lowest BCUT2D eigenvalue weighted by Crippen LogP contribution is -2.49. The molecule has 1 aliphatic heterocycles. The molecular weight excluding hydrogens is 353 g/mol. The van der Waals surface area contributed by atoms with Crippen LogP contribution in [0.4, 0.5) is 24.5 Å². The molecule has 0 aromatic heterocycles. The zero-order chi connectivity index (χ0) is 19.0. The summed E-state index contributed by atoms with van der Waals surface area (Å²) in [7, 11) is 0. The number of halogens is 3. The van der Waals surface area contributed by atoms with Crippen LogP contribution in [0.1, 0.15) is 12.8 Å². The van der Waals surface area contributed by atoms with Gasteiger partial charge in [-0.05, 0) is 47.9 Å². The average molecular weight is 378 g/mol. The van der Waals surface area contributed by atoms with E-state index in [4.69, 9.17) is 5.73 Å². The van der Waals surface area contributed by atoms with Crippen LogP contribution in [0, 0.1) is 0 Å². The molecule has 0 unspecified atom stereocenters. The highest BCUT2D eigenvalue weighted by Gasteiger charge is 2.32. The molecule has 2 aromatic carbocycles. The van der Waals surface area contributed by atoms with Crippen molar-refractivity contribution in [3.63, 3.8) is 0 Å². The van der Waals surface area contributed by atoms with Crippen LogP contribution in [0.3, 0.4) is 0 Å². The van der Waals surface area contributed by atoms with Gasteiger partial charge in [-0.1, -0.05) is 12.1 Å². The summed E-state index contributed by atoms with van der Waals surface area (Å²) in [6.45, 7) is 1.28. The van der Waals surface area contributed by atoms with E-state index >= 15 is 0 Å². The van der Waals surface area contributed by atoms with E-state index in [0.717, 1.165) is 35.0 Å².